The lowest BCUT2D eigenvalue weighted by Gasteiger charge is -2.21. The zero-order chi connectivity index (χ0) is 16.9. The van der Waals surface area contributed by atoms with Gasteiger partial charge in [-0.15, -0.1) is 0 Å². The predicted octanol–water partition coefficient (Wildman–Crippen LogP) is 2.85. The molecule has 0 unspecified atom stereocenters. The second kappa shape index (κ2) is 7.40. The molecule has 1 aliphatic rings. The molecule has 0 atom stereocenters. The van der Waals surface area contributed by atoms with E-state index in [1.165, 1.54) is 0 Å². The van der Waals surface area contributed by atoms with Crippen LogP contribution in [-0.4, -0.2) is 36.2 Å². The number of hydrogen-bond donors (Lipinski definition) is 1. The minimum Gasteiger partial charge on any atom is -0.486 e. The topological polar surface area (TPSA) is 63.7 Å². The van der Waals surface area contributed by atoms with Crippen molar-refractivity contribution in [3.05, 3.63) is 52.8 Å². The van der Waals surface area contributed by atoms with E-state index in [9.17, 15) is 4.79 Å². The summed E-state index contributed by atoms with van der Waals surface area (Å²) in [6, 6.07) is 7.21. The molecule has 0 bridgehead atoms. The van der Waals surface area contributed by atoms with Crippen molar-refractivity contribution in [2.75, 3.05) is 20.3 Å². The average Bonchev–Trinajstić information content (AvgIpc) is 2.60. The monoisotopic (exact) mass is 347 g/mol. The maximum absolute atomic E-state index is 12.2. The van der Waals surface area contributed by atoms with Crippen LogP contribution in [0.4, 0.5) is 4.79 Å². The van der Waals surface area contributed by atoms with Crippen LogP contribution in [0.15, 0.2) is 36.7 Å². The summed E-state index contributed by atoms with van der Waals surface area (Å²) >= 11 is 6.20. The number of carbonyl (C=O) groups is 1. The van der Waals surface area contributed by atoms with E-state index >= 15 is 0 Å². The predicted molar refractivity (Wildman–Crippen MR) is 90.4 cm³/mol. The number of rotatable bonds is 4. The first-order valence-corrected chi connectivity index (χ1v) is 7.97. The van der Waals surface area contributed by atoms with Crippen molar-refractivity contribution >= 4 is 17.6 Å². The van der Waals surface area contributed by atoms with Crippen LogP contribution in [0.1, 0.15) is 11.1 Å². The van der Waals surface area contributed by atoms with Crippen molar-refractivity contribution in [3.63, 3.8) is 0 Å². The molecule has 3 rings (SSSR count). The fraction of sp³-hybridized carbons (Fsp3) is 0.294. The van der Waals surface area contributed by atoms with Gasteiger partial charge in [-0.2, -0.15) is 0 Å². The quantitative estimate of drug-likeness (QED) is 0.923. The highest BCUT2D eigenvalue weighted by Crippen LogP contribution is 2.38. The van der Waals surface area contributed by atoms with Gasteiger partial charge in [-0.05, 0) is 29.3 Å². The van der Waals surface area contributed by atoms with Gasteiger partial charge in [-0.3, -0.25) is 4.98 Å². The number of hydrogen-bond acceptors (Lipinski definition) is 4. The molecule has 2 aromatic rings. The van der Waals surface area contributed by atoms with Crippen molar-refractivity contribution in [2.24, 2.45) is 0 Å². The molecule has 126 valence electrons. The summed E-state index contributed by atoms with van der Waals surface area (Å²) in [5, 5.41) is 3.35. The van der Waals surface area contributed by atoms with E-state index in [0.717, 1.165) is 11.1 Å². The number of nitrogens with one attached hydrogen (secondary N) is 1. The third kappa shape index (κ3) is 3.89. The summed E-state index contributed by atoms with van der Waals surface area (Å²) < 4.78 is 11.0. The lowest BCUT2D eigenvalue weighted by atomic mass is 10.2. The van der Waals surface area contributed by atoms with E-state index in [1.807, 2.05) is 18.2 Å². The lowest BCUT2D eigenvalue weighted by molar-refractivity contribution is 0.171. The highest BCUT2D eigenvalue weighted by atomic mass is 35.5. The van der Waals surface area contributed by atoms with Crippen LogP contribution in [0.3, 0.4) is 0 Å². The van der Waals surface area contributed by atoms with Gasteiger partial charge >= 0.3 is 6.03 Å². The molecular weight excluding hydrogens is 330 g/mol. The molecule has 0 saturated heterocycles. The van der Waals surface area contributed by atoms with E-state index in [1.54, 1.807) is 30.4 Å². The molecule has 1 aromatic heterocycles. The smallest absolute Gasteiger partial charge is 0.317 e. The molecule has 2 heterocycles. The summed E-state index contributed by atoms with van der Waals surface area (Å²) in [5.74, 6) is 1.17. The molecule has 1 N–H and O–H groups in total. The van der Waals surface area contributed by atoms with E-state index in [-0.39, 0.29) is 6.03 Å². The van der Waals surface area contributed by atoms with Crippen molar-refractivity contribution in [1.29, 1.82) is 0 Å². The van der Waals surface area contributed by atoms with Crippen molar-refractivity contribution < 1.29 is 14.3 Å². The van der Waals surface area contributed by atoms with E-state index < -0.39 is 0 Å². The molecule has 6 nitrogen and oxygen atoms in total. The van der Waals surface area contributed by atoms with Gasteiger partial charge in [-0.1, -0.05) is 17.7 Å². The Hall–Kier alpha value is -2.47. The summed E-state index contributed by atoms with van der Waals surface area (Å²) in [6.45, 7) is 1.82. The van der Waals surface area contributed by atoms with Crippen molar-refractivity contribution in [1.82, 2.24) is 15.2 Å². The normalized spacial score (nSPS) is 12.6. The summed E-state index contributed by atoms with van der Waals surface area (Å²) in [4.78, 5) is 17.8. The van der Waals surface area contributed by atoms with Gasteiger partial charge in [-0.25, -0.2) is 4.79 Å². The maximum atomic E-state index is 12.2. The van der Waals surface area contributed by atoms with E-state index in [2.05, 4.69) is 10.3 Å². The first-order chi connectivity index (χ1) is 11.6. The Labute approximate surface area is 145 Å². The molecule has 1 aliphatic heterocycles. The second-order valence-electron chi connectivity index (χ2n) is 5.48. The molecule has 7 heteroatoms. The molecule has 0 aliphatic carbocycles. The number of aromatic nitrogens is 1. The average molecular weight is 348 g/mol. The highest BCUT2D eigenvalue weighted by Gasteiger charge is 2.17. The third-order valence-corrected chi connectivity index (χ3v) is 3.87. The fourth-order valence-electron chi connectivity index (χ4n) is 2.42. The van der Waals surface area contributed by atoms with Gasteiger partial charge < -0.3 is 19.7 Å². The SMILES string of the molecule is CN(Cc1cccnc1)C(=O)NCc1cc(Cl)c2c(c1)OCCO2. The number of ether oxygens (including phenoxy) is 2. The summed E-state index contributed by atoms with van der Waals surface area (Å²) in [7, 11) is 1.74. The maximum Gasteiger partial charge on any atom is 0.317 e. The summed E-state index contributed by atoms with van der Waals surface area (Å²) in [6.07, 6.45) is 3.44. The molecule has 0 saturated carbocycles. The van der Waals surface area contributed by atoms with Gasteiger partial charge in [0.15, 0.2) is 11.5 Å². The number of fused-ring (bicyclic) bond motifs is 1. The Morgan fingerprint density at radius 3 is 2.96 bits per heavy atom. The van der Waals surface area contributed by atoms with Crippen LogP contribution in [-0.2, 0) is 13.1 Å². The van der Waals surface area contributed by atoms with Crippen LogP contribution in [0.25, 0.3) is 0 Å². The number of nitrogens with zero attached hydrogens (tertiary/aromatic N) is 2. The van der Waals surface area contributed by atoms with Gasteiger partial charge in [0.05, 0.1) is 5.02 Å². The Balaban J connectivity index is 1.59. The van der Waals surface area contributed by atoms with Gasteiger partial charge in [0.25, 0.3) is 0 Å². The number of halogens is 1. The standard InChI is InChI=1S/C17H18ClN3O3/c1-21(11-12-3-2-4-19-9-12)17(22)20-10-13-7-14(18)16-15(8-13)23-5-6-24-16/h2-4,7-9H,5-6,10-11H2,1H3,(H,20,22). The van der Waals surface area contributed by atoms with Gasteiger partial charge in [0.1, 0.15) is 13.2 Å². The minimum atomic E-state index is -0.176. The van der Waals surface area contributed by atoms with Crippen LogP contribution in [0.2, 0.25) is 5.02 Å². The second-order valence-corrected chi connectivity index (χ2v) is 5.89. The molecule has 0 radical (unpaired) electrons. The minimum absolute atomic E-state index is 0.176. The fourth-order valence-corrected chi connectivity index (χ4v) is 2.70. The largest absolute Gasteiger partial charge is 0.486 e. The zero-order valence-electron chi connectivity index (χ0n) is 13.3. The number of urea groups is 1. The third-order valence-electron chi connectivity index (χ3n) is 3.59. The molecule has 0 spiro atoms. The Morgan fingerprint density at radius 1 is 1.33 bits per heavy atom. The van der Waals surface area contributed by atoms with Gasteiger partial charge in [0.2, 0.25) is 0 Å². The molecule has 24 heavy (non-hydrogen) atoms. The first kappa shape index (κ1) is 16.4. The Kier molecular flexibility index (Phi) is 5.05. The summed E-state index contributed by atoms with van der Waals surface area (Å²) in [5.41, 5.74) is 1.82. The Bertz CT molecular complexity index is 725. The van der Waals surface area contributed by atoms with Crippen LogP contribution < -0.4 is 14.8 Å². The lowest BCUT2D eigenvalue weighted by Crippen LogP contribution is -2.36. The van der Waals surface area contributed by atoms with E-state index in [4.69, 9.17) is 21.1 Å². The van der Waals surface area contributed by atoms with Gasteiger partial charge in [0, 0.05) is 32.5 Å². The van der Waals surface area contributed by atoms with Crippen LogP contribution in [0, 0.1) is 0 Å². The molecular formula is C17H18ClN3O3. The van der Waals surface area contributed by atoms with Crippen LogP contribution in [0.5, 0.6) is 11.5 Å². The number of benzene rings is 1. The zero-order valence-corrected chi connectivity index (χ0v) is 14.0. The van der Waals surface area contributed by atoms with Crippen molar-refractivity contribution in [2.45, 2.75) is 13.1 Å². The molecule has 0 fully saturated rings. The number of amides is 2. The number of pyridine rings is 1. The first-order valence-electron chi connectivity index (χ1n) is 7.59. The van der Waals surface area contributed by atoms with Crippen molar-refractivity contribution in [3.8, 4) is 11.5 Å². The Morgan fingerprint density at radius 2 is 2.17 bits per heavy atom. The highest BCUT2D eigenvalue weighted by molar-refractivity contribution is 6.32. The van der Waals surface area contributed by atoms with E-state index in [0.29, 0.717) is 42.8 Å². The molecule has 1 aromatic carbocycles. The number of carbonyl (C=O) groups excluding carboxylic acids is 1. The van der Waals surface area contributed by atoms with Crippen LogP contribution >= 0.6 is 11.6 Å². The molecule has 2 amide bonds.